The Balaban J connectivity index is 2.08. The van der Waals surface area contributed by atoms with Crippen molar-refractivity contribution in [3.63, 3.8) is 0 Å². The van der Waals surface area contributed by atoms with Crippen LogP contribution in [-0.4, -0.2) is 16.1 Å². The Kier molecular flexibility index (Phi) is 2.71. The van der Waals surface area contributed by atoms with Crippen LogP contribution in [0.3, 0.4) is 0 Å². The number of carboxylic acid groups (broad SMARTS) is 1. The third kappa shape index (κ3) is 2.06. The zero-order valence-electron chi connectivity index (χ0n) is 9.64. The number of hydrogen-bond acceptors (Lipinski definition) is 2. The number of aliphatic carboxylic acids is 1. The lowest BCUT2D eigenvalue weighted by atomic mass is 9.98. The van der Waals surface area contributed by atoms with Gasteiger partial charge in [0.05, 0.1) is 11.2 Å². The van der Waals surface area contributed by atoms with Crippen LogP contribution in [0.1, 0.15) is 24.5 Å². The minimum Gasteiger partial charge on any atom is -0.481 e. The van der Waals surface area contributed by atoms with Gasteiger partial charge in [-0.3, -0.25) is 9.78 Å². The Hall–Kier alpha value is -1.61. The number of carbonyl (C=O) groups is 1. The van der Waals surface area contributed by atoms with Crippen LogP contribution in [0.4, 0.5) is 0 Å². The van der Waals surface area contributed by atoms with E-state index in [1.54, 1.807) is 12.1 Å². The van der Waals surface area contributed by atoms with Crippen molar-refractivity contribution in [2.45, 2.75) is 18.8 Å². The van der Waals surface area contributed by atoms with Gasteiger partial charge in [0, 0.05) is 10.4 Å². The molecule has 1 atom stereocenters. The van der Waals surface area contributed by atoms with Gasteiger partial charge in [0.15, 0.2) is 0 Å². The summed E-state index contributed by atoms with van der Waals surface area (Å²) in [6.07, 6.45) is 1.96. The van der Waals surface area contributed by atoms with Crippen molar-refractivity contribution in [2.24, 2.45) is 5.92 Å². The van der Waals surface area contributed by atoms with Crippen LogP contribution in [0.25, 0.3) is 10.9 Å². The van der Waals surface area contributed by atoms with E-state index >= 15 is 0 Å². The standard InChI is InChI=1S/C14H12ClNO2/c15-10-5-3-8-4-6-11(16-12(8)7-10)13(14(17)18)9-1-2-9/h3-7,9,13H,1-2H2,(H,17,18). The predicted molar refractivity (Wildman–Crippen MR) is 69.9 cm³/mol. The topological polar surface area (TPSA) is 50.2 Å². The summed E-state index contributed by atoms with van der Waals surface area (Å²) < 4.78 is 0. The van der Waals surface area contributed by atoms with E-state index in [9.17, 15) is 9.90 Å². The van der Waals surface area contributed by atoms with E-state index in [2.05, 4.69) is 4.98 Å². The number of nitrogens with zero attached hydrogens (tertiary/aromatic N) is 1. The van der Waals surface area contributed by atoms with Gasteiger partial charge in [0.25, 0.3) is 0 Å². The number of benzene rings is 1. The molecule has 1 aliphatic rings. The van der Waals surface area contributed by atoms with Crippen LogP contribution in [-0.2, 0) is 4.79 Å². The first-order chi connectivity index (χ1) is 8.65. The minimum atomic E-state index is -0.786. The second-order valence-corrected chi connectivity index (χ2v) is 5.16. The fourth-order valence-electron chi connectivity index (χ4n) is 2.28. The van der Waals surface area contributed by atoms with E-state index in [0.717, 1.165) is 23.7 Å². The van der Waals surface area contributed by atoms with Gasteiger partial charge in [-0.15, -0.1) is 0 Å². The van der Waals surface area contributed by atoms with Crippen molar-refractivity contribution in [2.75, 3.05) is 0 Å². The Morgan fingerprint density at radius 2 is 2.06 bits per heavy atom. The minimum absolute atomic E-state index is 0.242. The number of carboxylic acids is 1. The Labute approximate surface area is 109 Å². The lowest BCUT2D eigenvalue weighted by Crippen LogP contribution is -2.15. The van der Waals surface area contributed by atoms with E-state index in [1.165, 1.54) is 0 Å². The van der Waals surface area contributed by atoms with Crippen molar-refractivity contribution in [3.05, 3.63) is 41.0 Å². The second-order valence-electron chi connectivity index (χ2n) is 4.73. The van der Waals surface area contributed by atoms with Gasteiger partial charge in [-0.25, -0.2) is 0 Å². The molecular formula is C14H12ClNO2. The summed E-state index contributed by atoms with van der Waals surface area (Å²) in [6, 6.07) is 9.19. The molecule has 92 valence electrons. The van der Waals surface area contributed by atoms with Crippen molar-refractivity contribution in [1.82, 2.24) is 4.98 Å². The molecule has 2 aromatic rings. The first-order valence-electron chi connectivity index (χ1n) is 5.94. The SMILES string of the molecule is O=C(O)C(c1ccc2ccc(Cl)cc2n1)C1CC1. The molecule has 1 aromatic carbocycles. The highest BCUT2D eigenvalue weighted by molar-refractivity contribution is 6.31. The summed E-state index contributed by atoms with van der Waals surface area (Å²) in [7, 11) is 0. The van der Waals surface area contributed by atoms with Gasteiger partial charge in [0.2, 0.25) is 0 Å². The highest BCUT2D eigenvalue weighted by atomic mass is 35.5. The van der Waals surface area contributed by atoms with Crippen molar-refractivity contribution >= 4 is 28.5 Å². The van der Waals surface area contributed by atoms with Crippen LogP contribution < -0.4 is 0 Å². The molecular weight excluding hydrogens is 250 g/mol. The van der Waals surface area contributed by atoms with Crippen LogP contribution in [0.15, 0.2) is 30.3 Å². The van der Waals surface area contributed by atoms with Crippen molar-refractivity contribution in [3.8, 4) is 0 Å². The normalized spacial score (nSPS) is 16.7. The maximum atomic E-state index is 11.3. The van der Waals surface area contributed by atoms with Gasteiger partial charge in [-0.2, -0.15) is 0 Å². The molecule has 3 nitrogen and oxygen atoms in total. The first-order valence-corrected chi connectivity index (χ1v) is 6.32. The molecule has 4 heteroatoms. The number of hydrogen-bond donors (Lipinski definition) is 1. The van der Waals surface area contributed by atoms with Gasteiger partial charge in [-0.1, -0.05) is 23.7 Å². The highest BCUT2D eigenvalue weighted by Crippen LogP contribution is 2.42. The van der Waals surface area contributed by atoms with E-state index in [4.69, 9.17) is 11.6 Å². The van der Waals surface area contributed by atoms with Gasteiger partial charge < -0.3 is 5.11 Å². The third-order valence-corrected chi connectivity index (χ3v) is 3.59. The molecule has 0 amide bonds. The van der Waals surface area contributed by atoms with E-state index in [-0.39, 0.29) is 5.92 Å². The molecule has 1 unspecified atom stereocenters. The Morgan fingerprint density at radius 3 is 2.72 bits per heavy atom. The summed E-state index contributed by atoms with van der Waals surface area (Å²) in [5.41, 5.74) is 1.40. The summed E-state index contributed by atoms with van der Waals surface area (Å²) in [4.78, 5) is 15.8. The third-order valence-electron chi connectivity index (χ3n) is 3.35. The van der Waals surface area contributed by atoms with Crippen LogP contribution in [0.5, 0.6) is 0 Å². The van der Waals surface area contributed by atoms with E-state index < -0.39 is 11.9 Å². The monoisotopic (exact) mass is 261 g/mol. The Bertz CT molecular complexity index is 622. The smallest absolute Gasteiger partial charge is 0.312 e. The molecule has 0 bridgehead atoms. The highest BCUT2D eigenvalue weighted by Gasteiger charge is 2.38. The predicted octanol–water partition coefficient (Wildman–Crippen LogP) is 3.47. The second kappa shape index (κ2) is 4.25. The molecule has 0 saturated heterocycles. The number of halogens is 1. The first kappa shape index (κ1) is 11.5. The maximum absolute atomic E-state index is 11.3. The lowest BCUT2D eigenvalue weighted by Gasteiger charge is -2.11. The fraction of sp³-hybridized carbons (Fsp3) is 0.286. The number of fused-ring (bicyclic) bond motifs is 1. The molecule has 1 aliphatic carbocycles. The number of aromatic nitrogens is 1. The summed E-state index contributed by atoms with van der Waals surface area (Å²) in [6.45, 7) is 0. The van der Waals surface area contributed by atoms with Crippen molar-refractivity contribution < 1.29 is 9.90 Å². The summed E-state index contributed by atoms with van der Waals surface area (Å²) in [5.74, 6) is -1.02. The van der Waals surface area contributed by atoms with E-state index in [1.807, 2.05) is 18.2 Å². The molecule has 0 radical (unpaired) electrons. The molecule has 1 heterocycles. The van der Waals surface area contributed by atoms with Gasteiger partial charge in [-0.05, 0) is 37.0 Å². The molecule has 1 fully saturated rings. The average molecular weight is 262 g/mol. The largest absolute Gasteiger partial charge is 0.481 e. The maximum Gasteiger partial charge on any atom is 0.312 e. The quantitative estimate of drug-likeness (QED) is 0.920. The van der Waals surface area contributed by atoms with Gasteiger partial charge in [0.1, 0.15) is 5.92 Å². The van der Waals surface area contributed by atoms with Crippen LogP contribution in [0.2, 0.25) is 5.02 Å². The van der Waals surface area contributed by atoms with E-state index in [0.29, 0.717) is 10.7 Å². The molecule has 0 aliphatic heterocycles. The molecule has 1 saturated carbocycles. The van der Waals surface area contributed by atoms with Crippen LogP contribution >= 0.6 is 11.6 Å². The Morgan fingerprint density at radius 1 is 1.33 bits per heavy atom. The van der Waals surface area contributed by atoms with Crippen LogP contribution in [0, 0.1) is 5.92 Å². The van der Waals surface area contributed by atoms with Gasteiger partial charge >= 0.3 is 5.97 Å². The lowest BCUT2D eigenvalue weighted by molar-refractivity contribution is -0.139. The zero-order valence-corrected chi connectivity index (χ0v) is 10.4. The zero-order chi connectivity index (χ0) is 12.7. The summed E-state index contributed by atoms with van der Waals surface area (Å²) >= 11 is 5.93. The van der Waals surface area contributed by atoms with Crippen molar-refractivity contribution in [1.29, 1.82) is 0 Å². The molecule has 0 spiro atoms. The number of rotatable bonds is 3. The molecule has 1 N–H and O–H groups in total. The fourth-order valence-corrected chi connectivity index (χ4v) is 2.44. The molecule has 3 rings (SSSR count). The summed E-state index contributed by atoms with van der Waals surface area (Å²) in [5, 5.41) is 10.9. The number of pyridine rings is 1. The molecule has 18 heavy (non-hydrogen) atoms. The average Bonchev–Trinajstić information content (AvgIpc) is 3.12. The molecule has 1 aromatic heterocycles.